The standard InChI is InChI=1S/C16H22Si2.2C5H5.Zr/c1-17(2,3)13-11-15-9-7-8-10-16(15)12-14-18(4,5)6;2*1-2-4-5-3-1;/h7-10H,1-6H3;2*1-5H;. The van der Waals surface area contributed by atoms with Crippen LogP contribution in [0.3, 0.4) is 0 Å². The van der Waals surface area contributed by atoms with Gasteiger partial charge in [-0.25, -0.2) is 0 Å². The Labute approximate surface area is 203 Å². The van der Waals surface area contributed by atoms with Gasteiger partial charge in [0.2, 0.25) is 0 Å². The average Bonchev–Trinajstić information content (AvgIpc) is 3.36. The molecule has 0 saturated heterocycles. The fourth-order valence-corrected chi connectivity index (χ4v) is 2.87. The maximum atomic E-state index is 3.41. The molecule has 14 radical (unpaired) electrons. The summed E-state index contributed by atoms with van der Waals surface area (Å²) in [7, 11) is -2.65. The summed E-state index contributed by atoms with van der Waals surface area (Å²) in [6.07, 6.45) is 26.6. The summed E-state index contributed by atoms with van der Waals surface area (Å²) in [5.74, 6) is 0. The summed E-state index contributed by atoms with van der Waals surface area (Å²) in [5, 5.41) is 0. The maximum absolute atomic E-state index is 3.41. The molecule has 0 unspecified atom stereocenters. The van der Waals surface area contributed by atoms with Crippen molar-refractivity contribution in [2.45, 2.75) is 39.3 Å². The van der Waals surface area contributed by atoms with Gasteiger partial charge in [0.05, 0.1) is 16.1 Å². The van der Waals surface area contributed by atoms with E-state index < -0.39 is 16.1 Å². The second kappa shape index (κ2) is 15.8. The van der Waals surface area contributed by atoms with Crippen molar-refractivity contribution in [3.05, 3.63) is 123 Å². The molecule has 29 heavy (non-hydrogen) atoms. The second-order valence-electron chi connectivity index (χ2n) is 8.47. The summed E-state index contributed by atoms with van der Waals surface area (Å²) in [4.78, 5) is 0. The van der Waals surface area contributed by atoms with Crippen molar-refractivity contribution >= 4 is 16.1 Å². The van der Waals surface area contributed by atoms with E-state index >= 15 is 0 Å². The molecule has 0 bridgehead atoms. The number of hydrogen-bond acceptors (Lipinski definition) is 0. The van der Waals surface area contributed by atoms with Crippen molar-refractivity contribution in [1.82, 2.24) is 0 Å². The van der Waals surface area contributed by atoms with Crippen LogP contribution in [0, 0.1) is 87.8 Å². The molecule has 0 N–H and O–H groups in total. The van der Waals surface area contributed by atoms with Crippen LogP contribution in [0.5, 0.6) is 0 Å². The monoisotopic (exact) mass is 490 g/mol. The number of benzene rings is 1. The van der Waals surface area contributed by atoms with Gasteiger partial charge in [-0.1, -0.05) is 74.9 Å². The van der Waals surface area contributed by atoms with E-state index in [-0.39, 0.29) is 26.2 Å². The Kier molecular flexibility index (Phi) is 15.8. The Morgan fingerprint density at radius 2 is 0.724 bits per heavy atom. The van der Waals surface area contributed by atoms with E-state index in [1.54, 1.807) is 0 Å². The molecule has 1 aromatic rings. The molecule has 2 saturated carbocycles. The molecule has 0 atom stereocenters. The van der Waals surface area contributed by atoms with Crippen molar-refractivity contribution in [1.29, 1.82) is 0 Å². The van der Waals surface area contributed by atoms with Crippen molar-refractivity contribution in [2.24, 2.45) is 0 Å². The molecule has 0 amide bonds. The smallest absolute Gasteiger partial charge is 0.0656 e. The van der Waals surface area contributed by atoms with E-state index in [0.29, 0.717) is 0 Å². The van der Waals surface area contributed by atoms with Gasteiger partial charge < -0.3 is 0 Å². The van der Waals surface area contributed by atoms with Crippen LogP contribution in [0.15, 0.2) is 24.3 Å². The van der Waals surface area contributed by atoms with Crippen LogP contribution < -0.4 is 0 Å². The molecular weight excluding hydrogens is 460 g/mol. The average molecular weight is 492 g/mol. The maximum Gasteiger partial charge on any atom is 0.0783 e. The molecule has 3 heteroatoms. The van der Waals surface area contributed by atoms with Crippen molar-refractivity contribution in [2.75, 3.05) is 0 Å². The Balaban J connectivity index is 0.000000575. The van der Waals surface area contributed by atoms with Crippen LogP contribution in [0.2, 0.25) is 39.3 Å². The van der Waals surface area contributed by atoms with Crippen LogP contribution in [0.1, 0.15) is 11.1 Å². The molecule has 0 nitrogen and oxygen atoms in total. The normalized spacial score (nSPS) is 16.8. The zero-order valence-electron chi connectivity index (χ0n) is 18.6. The first-order valence-corrected chi connectivity index (χ1v) is 16.7. The first-order valence-electron chi connectivity index (χ1n) is 9.66. The largest absolute Gasteiger partial charge is 0.0783 e. The van der Waals surface area contributed by atoms with E-state index in [1.807, 2.05) is 76.3 Å². The van der Waals surface area contributed by atoms with Gasteiger partial charge in [0, 0.05) is 26.2 Å². The van der Waals surface area contributed by atoms with Gasteiger partial charge in [0.1, 0.15) is 0 Å². The summed E-state index contributed by atoms with van der Waals surface area (Å²) < 4.78 is 0. The van der Waals surface area contributed by atoms with E-state index in [2.05, 4.69) is 75.0 Å². The van der Waals surface area contributed by atoms with Crippen LogP contribution in [-0.2, 0) is 26.2 Å². The molecule has 0 aliphatic heterocycles. The first kappa shape index (κ1) is 29.0. The Hall–Kier alpha value is 0.0169. The van der Waals surface area contributed by atoms with Gasteiger partial charge in [0.15, 0.2) is 0 Å². The minimum atomic E-state index is -1.32. The third-order valence-corrected chi connectivity index (χ3v) is 4.93. The van der Waals surface area contributed by atoms with E-state index in [4.69, 9.17) is 0 Å². The predicted octanol–water partition coefficient (Wildman–Crippen LogP) is 6.50. The third kappa shape index (κ3) is 17.4. The zero-order chi connectivity index (χ0) is 20.9. The van der Waals surface area contributed by atoms with Crippen LogP contribution in [0.4, 0.5) is 0 Å². The van der Waals surface area contributed by atoms with E-state index in [1.165, 1.54) is 0 Å². The third-order valence-electron chi connectivity index (χ3n) is 3.18. The van der Waals surface area contributed by atoms with Gasteiger partial charge >= 0.3 is 0 Å². The Morgan fingerprint density at radius 1 is 0.483 bits per heavy atom. The fraction of sp³-hybridized carbons (Fsp3) is 0.231. The Bertz CT molecular complexity index is 515. The molecular formula is C26H32Si2Zr. The predicted molar refractivity (Wildman–Crippen MR) is 127 cm³/mol. The Morgan fingerprint density at radius 3 is 0.931 bits per heavy atom. The summed E-state index contributed by atoms with van der Waals surface area (Å²) in [5.41, 5.74) is 8.97. The van der Waals surface area contributed by atoms with Gasteiger partial charge in [-0.05, 0) is 87.5 Å². The van der Waals surface area contributed by atoms with Gasteiger partial charge in [-0.15, -0.1) is 0 Å². The number of rotatable bonds is 4. The van der Waals surface area contributed by atoms with E-state index in [0.717, 1.165) is 11.1 Å². The van der Waals surface area contributed by atoms with Crippen molar-refractivity contribution in [3.63, 3.8) is 0 Å². The quantitative estimate of drug-likeness (QED) is 0.422. The molecule has 2 aliphatic carbocycles. The topological polar surface area (TPSA) is 0 Å². The van der Waals surface area contributed by atoms with Gasteiger partial charge in [-0.3, -0.25) is 0 Å². The van der Waals surface area contributed by atoms with Crippen LogP contribution in [0.25, 0.3) is 0 Å². The van der Waals surface area contributed by atoms with Crippen molar-refractivity contribution in [3.8, 4) is 0 Å². The molecule has 0 aromatic heterocycles. The summed E-state index contributed by atoms with van der Waals surface area (Å²) in [6.45, 7) is 13.6. The van der Waals surface area contributed by atoms with E-state index in [9.17, 15) is 0 Å². The minimum absolute atomic E-state index is 0. The SMILES string of the molecule is C[Si](C)(C)[C]=[C]c1ccccc1[C]=[C][Si](C)(C)C.[CH]1[CH][CH][CH][CH]1.[CH]1[CH][CH][CH][CH]1.[Zr]. The minimum Gasteiger partial charge on any atom is -0.0656 e. The molecule has 0 spiro atoms. The van der Waals surface area contributed by atoms with Crippen LogP contribution >= 0.6 is 0 Å². The van der Waals surface area contributed by atoms with Crippen LogP contribution in [-0.4, -0.2) is 16.1 Å². The first-order chi connectivity index (χ1) is 13.2. The second-order valence-corrected chi connectivity index (χ2v) is 18.0. The van der Waals surface area contributed by atoms with Gasteiger partial charge in [0.25, 0.3) is 0 Å². The molecule has 3 rings (SSSR count). The molecule has 148 valence electrons. The summed E-state index contributed by atoms with van der Waals surface area (Å²) in [6, 6.07) is 8.21. The molecule has 2 fully saturated rings. The molecule has 0 heterocycles. The van der Waals surface area contributed by atoms with Crippen molar-refractivity contribution < 1.29 is 26.2 Å². The molecule has 2 aliphatic rings. The fourth-order valence-electron chi connectivity index (χ4n) is 1.85. The summed E-state index contributed by atoms with van der Waals surface area (Å²) >= 11 is 0. The zero-order valence-corrected chi connectivity index (χ0v) is 23.0. The van der Waals surface area contributed by atoms with Gasteiger partial charge in [-0.2, -0.15) is 0 Å². The molecule has 1 aromatic carbocycles. The number of hydrogen-bond donors (Lipinski definition) is 0.